The van der Waals surface area contributed by atoms with E-state index in [1.54, 1.807) is 17.0 Å². The summed E-state index contributed by atoms with van der Waals surface area (Å²) in [5.41, 5.74) is -0.293. The predicted molar refractivity (Wildman–Crippen MR) is 52.9 cm³/mol. The van der Waals surface area contributed by atoms with Crippen molar-refractivity contribution in [3.63, 3.8) is 0 Å². The molecular formula is C9H7N6O+. The van der Waals surface area contributed by atoms with Crippen LogP contribution in [0.1, 0.15) is 0 Å². The molecule has 0 atom stereocenters. The lowest BCUT2D eigenvalue weighted by atomic mass is 10.5. The van der Waals surface area contributed by atoms with Gasteiger partial charge in [-0.3, -0.25) is 9.89 Å². The summed E-state index contributed by atoms with van der Waals surface area (Å²) in [5, 5.41) is 10.3. The highest BCUT2D eigenvalue weighted by Gasteiger charge is 2.18. The molecule has 0 aliphatic heterocycles. The zero-order valence-electron chi connectivity index (χ0n) is 8.11. The monoisotopic (exact) mass is 215 g/mol. The number of rotatable bonds is 1. The van der Waals surface area contributed by atoms with Crippen LogP contribution in [0.5, 0.6) is 0 Å². The van der Waals surface area contributed by atoms with E-state index in [-0.39, 0.29) is 17.2 Å². The van der Waals surface area contributed by atoms with E-state index in [1.165, 1.54) is 10.8 Å². The second-order valence-corrected chi connectivity index (χ2v) is 3.13. The molecule has 1 N–H and O–H groups in total. The lowest BCUT2D eigenvalue weighted by Crippen LogP contribution is -2.40. The van der Waals surface area contributed by atoms with Crippen molar-refractivity contribution in [2.24, 2.45) is 0 Å². The van der Waals surface area contributed by atoms with E-state index in [1.807, 2.05) is 18.2 Å². The van der Waals surface area contributed by atoms with Crippen LogP contribution in [0.3, 0.4) is 0 Å². The SMILES string of the molecule is O=c1c(-[n+]2ccccc2)nnc2nc[nH]n12. The number of nitrogens with zero attached hydrogens (tertiary/aromatic N) is 5. The maximum absolute atomic E-state index is 12.0. The number of hydrogen-bond acceptors (Lipinski definition) is 4. The molecule has 0 saturated carbocycles. The number of aromatic nitrogens is 6. The van der Waals surface area contributed by atoms with Crippen LogP contribution in [0.15, 0.2) is 41.7 Å². The Balaban J connectivity index is 2.33. The highest BCUT2D eigenvalue weighted by molar-refractivity contribution is 5.23. The Bertz CT molecular complexity index is 686. The smallest absolute Gasteiger partial charge is 0.277 e. The van der Waals surface area contributed by atoms with Crippen molar-refractivity contribution in [3.05, 3.63) is 47.3 Å². The molecule has 3 rings (SSSR count). The van der Waals surface area contributed by atoms with Crippen molar-refractivity contribution in [2.75, 3.05) is 0 Å². The topological polar surface area (TPSA) is 79.8 Å². The van der Waals surface area contributed by atoms with Crippen LogP contribution in [0.2, 0.25) is 0 Å². The highest BCUT2D eigenvalue weighted by Crippen LogP contribution is 1.88. The van der Waals surface area contributed by atoms with Crippen LogP contribution in [0.4, 0.5) is 0 Å². The number of hydrogen-bond donors (Lipinski definition) is 1. The summed E-state index contributed by atoms with van der Waals surface area (Å²) < 4.78 is 2.84. The average Bonchev–Trinajstić information content (AvgIpc) is 2.80. The van der Waals surface area contributed by atoms with E-state index in [4.69, 9.17) is 0 Å². The summed E-state index contributed by atoms with van der Waals surface area (Å²) in [5.74, 6) is 0.479. The Morgan fingerprint density at radius 3 is 2.81 bits per heavy atom. The van der Waals surface area contributed by atoms with Gasteiger partial charge in [-0.15, -0.1) is 0 Å². The Morgan fingerprint density at radius 1 is 1.19 bits per heavy atom. The van der Waals surface area contributed by atoms with E-state index in [2.05, 4.69) is 20.3 Å². The normalized spacial score (nSPS) is 10.8. The molecule has 0 aliphatic rings. The van der Waals surface area contributed by atoms with E-state index in [0.717, 1.165) is 0 Å². The van der Waals surface area contributed by atoms with Crippen LogP contribution < -0.4 is 10.1 Å². The molecule has 0 unspecified atom stereocenters. The zero-order valence-corrected chi connectivity index (χ0v) is 8.11. The van der Waals surface area contributed by atoms with Crippen molar-refractivity contribution in [3.8, 4) is 5.82 Å². The molecule has 0 saturated heterocycles. The van der Waals surface area contributed by atoms with Gasteiger partial charge in [-0.2, -0.15) is 14.1 Å². The zero-order chi connectivity index (χ0) is 11.0. The first-order valence-corrected chi connectivity index (χ1v) is 4.62. The van der Waals surface area contributed by atoms with Gasteiger partial charge in [-0.1, -0.05) is 6.07 Å². The molecule has 7 nitrogen and oxygen atoms in total. The average molecular weight is 215 g/mol. The third kappa shape index (κ3) is 1.18. The summed E-state index contributed by atoms with van der Waals surface area (Å²) in [4.78, 5) is 15.8. The summed E-state index contributed by atoms with van der Waals surface area (Å²) in [6.07, 6.45) is 4.85. The summed E-state index contributed by atoms with van der Waals surface area (Å²) in [6, 6.07) is 5.47. The van der Waals surface area contributed by atoms with Crippen molar-refractivity contribution in [2.45, 2.75) is 0 Å². The first-order valence-electron chi connectivity index (χ1n) is 4.62. The summed E-state index contributed by atoms with van der Waals surface area (Å²) in [7, 11) is 0. The maximum atomic E-state index is 12.0. The molecule has 3 aromatic rings. The van der Waals surface area contributed by atoms with Gasteiger partial charge in [0.15, 0.2) is 0 Å². The molecule has 0 fully saturated rings. The second kappa shape index (κ2) is 3.23. The fourth-order valence-corrected chi connectivity index (χ4v) is 1.42. The fourth-order valence-electron chi connectivity index (χ4n) is 1.42. The van der Waals surface area contributed by atoms with Gasteiger partial charge in [0.05, 0.1) is 17.5 Å². The summed E-state index contributed by atoms with van der Waals surface area (Å²) in [6.45, 7) is 0. The molecule has 3 heterocycles. The number of fused-ring (bicyclic) bond motifs is 1. The molecule has 3 aromatic heterocycles. The lowest BCUT2D eigenvalue weighted by molar-refractivity contribution is -0.601. The van der Waals surface area contributed by atoms with Crippen molar-refractivity contribution in [1.82, 2.24) is 24.8 Å². The minimum atomic E-state index is -0.293. The van der Waals surface area contributed by atoms with E-state index in [9.17, 15) is 4.79 Å². The molecule has 0 radical (unpaired) electrons. The van der Waals surface area contributed by atoms with Gasteiger partial charge in [0.1, 0.15) is 6.33 Å². The fraction of sp³-hybridized carbons (Fsp3) is 0. The van der Waals surface area contributed by atoms with E-state index < -0.39 is 0 Å². The van der Waals surface area contributed by atoms with Gasteiger partial charge in [-0.05, 0) is 12.1 Å². The quantitative estimate of drug-likeness (QED) is 0.533. The summed E-state index contributed by atoms with van der Waals surface area (Å²) >= 11 is 0. The number of nitrogens with one attached hydrogen (secondary N) is 1. The van der Waals surface area contributed by atoms with Crippen LogP contribution in [0, 0.1) is 0 Å². The molecule has 0 amide bonds. The van der Waals surface area contributed by atoms with Gasteiger partial charge in [-0.25, -0.2) is 0 Å². The molecule has 16 heavy (non-hydrogen) atoms. The van der Waals surface area contributed by atoms with E-state index in [0.29, 0.717) is 0 Å². The minimum absolute atomic E-state index is 0.224. The third-order valence-corrected chi connectivity index (χ3v) is 2.16. The number of H-pyrrole nitrogens is 1. The van der Waals surface area contributed by atoms with Gasteiger partial charge >= 0.3 is 11.4 Å². The largest absolute Gasteiger partial charge is 0.422 e. The first-order chi connectivity index (χ1) is 7.86. The van der Waals surface area contributed by atoms with Crippen molar-refractivity contribution in [1.29, 1.82) is 0 Å². The predicted octanol–water partition coefficient (Wildman–Crippen LogP) is -0.911. The Kier molecular flexibility index (Phi) is 1.76. The van der Waals surface area contributed by atoms with Crippen molar-refractivity contribution < 1.29 is 4.57 Å². The first kappa shape index (κ1) is 8.72. The Hall–Kier alpha value is -2.57. The molecule has 0 spiro atoms. The molecule has 78 valence electrons. The Morgan fingerprint density at radius 2 is 2.00 bits per heavy atom. The van der Waals surface area contributed by atoms with Crippen LogP contribution >= 0.6 is 0 Å². The van der Waals surface area contributed by atoms with Crippen LogP contribution in [-0.2, 0) is 0 Å². The van der Waals surface area contributed by atoms with Crippen LogP contribution in [-0.4, -0.2) is 24.8 Å². The standard InChI is InChI=1S/C9H6N6O/c16-8-7(14-4-2-1-3-5-14)12-13-9-10-6-11-15(8)9/h1-6H/p+1. The molecular weight excluding hydrogens is 208 g/mol. The number of pyridine rings is 1. The molecule has 0 bridgehead atoms. The van der Waals surface area contributed by atoms with Crippen molar-refractivity contribution >= 4 is 5.78 Å². The van der Waals surface area contributed by atoms with Gasteiger partial charge in [0.25, 0.3) is 5.78 Å². The highest BCUT2D eigenvalue weighted by atomic mass is 16.1. The number of aromatic amines is 1. The van der Waals surface area contributed by atoms with Crippen LogP contribution in [0.25, 0.3) is 11.6 Å². The van der Waals surface area contributed by atoms with Gasteiger partial charge < -0.3 is 0 Å². The van der Waals surface area contributed by atoms with E-state index >= 15 is 0 Å². The van der Waals surface area contributed by atoms with Gasteiger partial charge in [0.2, 0.25) is 0 Å². The maximum Gasteiger partial charge on any atom is 0.422 e. The lowest BCUT2D eigenvalue weighted by Gasteiger charge is -1.92. The molecule has 7 heteroatoms. The Labute approximate surface area is 89.0 Å². The third-order valence-electron chi connectivity index (χ3n) is 2.16. The molecule has 0 aliphatic carbocycles. The minimum Gasteiger partial charge on any atom is -0.277 e. The van der Waals surface area contributed by atoms with Gasteiger partial charge in [0, 0.05) is 5.10 Å². The second-order valence-electron chi connectivity index (χ2n) is 3.13. The molecule has 0 aromatic carbocycles.